The summed E-state index contributed by atoms with van der Waals surface area (Å²) in [5.74, 6) is 0.286. The number of nitrogens with one attached hydrogen (secondary N) is 3. The number of anilines is 1. The quantitative estimate of drug-likeness (QED) is 0.453. The standard InChI is InChI=1S/C25H30ClN5O4/c1-7-27-23(33)29-16-12-11-14(2)19(13-16)31-21(15(3)28-24(34)35-25(4,5)6)30-18-10-8-9-17(26)20(18)22(31)32/h8-13,15H,7H2,1-6H3,(H,28,34)(H2,27,29,33)/t15-/m0/s1. The minimum Gasteiger partial charge on any atom is -0.444 e. The molecule has 3 aromatic rings. The number of amides is 3. The summed E-state index contributed by atoms with van der Waals surface area (Å²) in [6, 6.07) is 9.17. The minimum absolute atomic E-state index is 0.254. The van der Waals surface area contributed by atoms with Gasteiger partial charge in [-0.1, -0.05) is 23.7 Å². The lowest BCUT2D eigenvalue weighted by Gasteiger charge is -2.24. The summed E-state index contributed by atoms with van der Waals surface area (Å²) in [4.78, 5) is 43.0. The normalized spacial score (nSPS) is 12.2. The largest absolute Gasteiger partial charge is 0.444 e. The van der Waals surface area contributed by atoms with Crippen molar-refractivity contribution >= 4 is 40.3 Å². The zero-order valence-electron chi connectivity index (χ0n) is 20.7. The molecule has 1 heterocycles. The van der Waals surface area contributed by atoms with Gasteiger partial charge >= 0.3 is 12.1 Å². The molecule has 0 fully saturated rings. The Bertz CT molecular complexity index is 1330. The van der Waals surface area contributed by atoms with Gasteiger partial charge in [-0.15, -0.1) is 0 Å². The monoisotopic (exact) mass is 499 g/mol. The van der Waals surface area contributed by atoms with E-state index in [1.165, 1.54) is 4.57 Å². The number of alkyl carbamates (subject to hydrolysis) is 1. The first-order valence-corrected chi connectivity index (χ1v) is 11.7. The lowest BCUT2D eigenvalue weighted by Crippen LogP contribution is -2.37. The highest BCUT2D eigenvalue weighted by atomic mass is 35.5. The van der Waals surface area contributed by atoms with Crippen LogP contribution in [0.4, 0.5) is 15.3 Å². The van der Waals surface area contributed by atoms with Gasteiger partial charge in [0.25, 0.3) is 5.56 Å². The third kappa shape index (κ3) is 6.10. The van der Waals surface area contributed by atoms with Gasteiger partial charge in [0, 0.05) is 12.2 Å². The van der Waals surface area contributed by atoms with E-state index in [-0.39, 0.29) is 22.3 Å². The summed E-state index contributed by atoms with van der Waals surface area (Å²) in [7, 11) is 0. The first-order chi connectivity index (χ1) is 16.4. The second-order valence-corrected chi connectivity index (χ2v) is 9.51. The van der Waals surface area contributed by atoms with E-state index in [0.717, 1.165) is 5.56 Å². The SMILES string of the molecule is CCNC(=O)Nc1ccc(C)c(-n2c([C@H](C)NC(=O)OC(C)(C)C)nc3cccc(Cl)c3c2=O)c1. The number of halogens is 1. The number of rotatable bonds is 5. The summed E-state index contributed by atoms with van der Waals surface area (Å²) in [6.07, 6.45) is -0.639. The van der Waals surface area contributed by atoms with Gasteiger partial charge < -0.3 is 20.7 Å². The number of carbonyl (C=O) groups excluding carboxylic acids is 2. The predicted molar refractivity (Wildman–Crippen MR) is 138 cm³/mol. The highest BCUT2D eigenvalue weighted by molar-refractivity contribution is 6.35. The van der Waals surface area contributed by atoms with Crippen molar-refractivity contribution in [2.24, 2.45) is 0 Å². The molecule has 0 aliphatic rings. The number of aryl methyl sites for hydroxylation is 1. The fourth-order valence-electron chi connectivity index (χ4n) is 3.54. The van der Waals surface area contributed by atoms with E-state index in [4.69, 9.17) is 21.3 Å². The molecule has 0 aliphatic heterocycles. The Morgan fingerprint density at radius 2 is 1.91 bits per heavy atom. The zero-order chi connectivity index (χ0) is 25.9. The Balaban J connectivity index is 2.20. The average molecular weight is 500 g/mol. The Kier molecular flexibility index (Phi) is 7.70. The molecular formula is C25H30ClN5O4. The summed E-state index contributed by atoms with van der Waals surface area (Å²) >= 11 is 6.38. The predicted octanol–water partition coefficient (Wildman–Crippen LogP) is 5.07. The second kappa shape index (κ2) is 10.4. The number of carbonyl (C=O) groups is 2. The average Bonchev–Trinajstić information content (AvgIpc) is 2.74. The summed E-state index contributed by atoms with van der Waals surface area (Å²) in [6.45, 7) is 11.1. The van der Waals surface area contributed by atoms with Crippen LogP contribution in [0.3, 0.4) is 0 Å². The second-order valence-electron chi connectivity index (χ2n) is 9.10. The Hall–Kier alpha value is -3.59. The van der Waals surface area contributed by atoms with E-state index >= 15 is 0 Å². The maximum atomic E-state index is 13.8. The van der Waals surface area contributed by atoms with E-state index < -0.39 is 23.3 Å². The molecule has 1 atom stereocenters. The highest BCUT2D eigenvalue weighted by Crippen LogP contribution is 2.26. The molecule has 3 rings (SSSR count). The maximum Gasteiger partial charge on any atom is 0.408 e. The Labute approximate surface area is 208 Å². The van der Waals surface area contributed by atoms with Crippen LogP contribution in [0, 0.1) is 6.92 Å². The van der Waals surface area contributed by atoms with Gasteiger partial charge in [0.15, 0.2) is 0 Å². The van der Waals surface area contributed by atoms with Gasteiger partial charge in [-0.3, -0.25) is 9.36 Å². The smallest absolute Gasteiger partial charge is 0.408 e. The molecule has 186 valence electrons. The van der Waals surface area contributed by atoms with Crippen LogP contribution in [-0.2, 0) is 4.74 Å². The number of nitrogens with zero attached hydrogens (tertiary/aromatic N) is 2. The minimum atomic E-state index is -0.694. The van der Waals surface area contributed by atoms with E-state index in [1.807, 2.05) is 13.8 Å². The van der Waals surface area contributed by atoms with E-state index in [0.29, 0.717) is 23.4 Å². The van der Waals surface area contributed by atoms with Crippen LogP contribution >= 0.6 is 11.6 Å². The number of fused-ring (bicyclic) bond motifs is 1. The number of benzene rings is 2. The molecule has 0 saturated heterocycles. The van der Waals surface area contributed by atoms with Crippen molar-refractivity contribution in [3.05, 3.63) is 63.2 Å². The van der Waals surface area contributed by atoms with Crippen LogP contribution in [0.1, 0.15) is 52.0 Å². The third-order valence-corrected chi connectivity index (χ3v) is 5.35. The lowest BCUT2D eigenvalue weighted by atomic mass is 10.1. The number of urea groups is 1. The van der Waals surface area contributed by atoms with Crippen LogP contribution in [0.2, 0.25) is 5.02 Å². The fourth-order valence-corrected chi connectivity index (χ4v) is 3.79. The molecule has 10 heteroatoms. The Morgan fingerprint density at radius 3 is 2.57 bits per heavy atom. The van der Waals surface area contributed by atoms with Crippen molar-refractivity contribution in [1.82, 2.24) is 20.2 Å². The van der Waals surface area contributed by atoms with Gasteiger partial charge in [0.1, 0.15) is 11.4 Å². The van der Waals surface area contributed by atoms with Crippen LogP contribution in [-0.4, -0.2) is 33.8 Å². The molecule has 2 aromatic carbocycles. The zero-order valence-corrected chi connectivity index (χ0v) is 21.4. The molecule has 3 N–H and O–H groups in total. The lowest BCUT2D eigenvalue weighted by molar-refractivity contribution is 0.0505. The summed E-state index contributed by atoms with van der Waals surface area (Å²) in [5, 5.41) is 8.70. The van der Waals surface area contributed by atoms with E-state index in [9.17, 15) is 14.4 Å². The van der Waals surface area contributed by atoms with Crippen molar-refractivity contribution in [2.75, 3.05) is 11.9 Å². The van der Waals surface area contributed by atoms with Gasteiger partial charge in [-0.2, -0.15) is 0 Å². The van der Waals surface area contributed by atoms with Crippen LogP contribution < -0.4 is 21.5 Å². The van der Waals surface area contributed by atoms with E-state index in [2.05, 4.69) is 16.0 Å². The Morgan fingerprint density at radius 1 is 1.20 bits per heavy atom. The van der Waals surface area contributed by atoms with Crippen LogP contribution in [0.5, 0.6) is 0 Å². The third-order valence-electron chi connectivity index (χ3n) is 5.04. The maximum absolute atomic E-state index is 13.8. The van der Waals surface area contributed by atoms with Gasteiger partial charge in [0.2, 0.25) is 0 Å². The molecule has 0 unspecified atom stereocenters. The molecule has 0 saturated carbocycles. The number of hydrogen-bond donors (Lipinski definition) is 3. The molecule has 3 amide bonds. The molecule has 0 bridgehead atoms. The number of aromatic nitrogens is 2. The molecular weight excluding hydrogens is 470 g/mol. The van der Waals surface area contributed by atoms with Crippen LogP contribution in [0.25, 0.3) is 16.6 Å². The first kappa shape index (κ1) is 26.0. The topological polar surface area (TPSA) is 114 Å². The molecule has 1 aromatic heterocycles. The van der Waals surface area contributed by atoms with Gasteiger partial charge in [-0.05, 0) is 71.4 Å². The van der Waals surface area contributed by atoms with Crippen LogP contribution in [0.15, 0.2) is 41.2 Å². The van der Waals surface area contributed by atoms with E-state index in [1.54, 1.807) is 64.1 Å². The fraction of sp³-hybridized carbons (Fsp3) is 0.360. The van der Waals surface area contributed by atoms with Crippen molar-refractivity contribution < 1.29 is 14.3 Å². The van der Waals surface area contributed by atoms with Crippen molar-refractivity contribution in [2.45, 2.75) is 53.2 Å². The van der Waals surface area contributed by atoms with Crippen molar-refractivity contribution in [1.29, 1.82) is 0 Å². The summed E-state index contributed by atoms with van der Waals surface area (Å²) in [5.41, 5.74) is 1.05. The number of hydrogen-bond acceptors (Lipinski definition) is 5. The summed E-state index contributed by atoms with van der Waals surface area (Å²) < 4.78 is 6.79. The molecule has 35 heavy (non-hydrogen) atoms. The number of ether oxygens (including phenoxy) is 1. The first-order valence-electron chi connectivity index (χ1n) is 11.3. The van der Waals surface area contributed by atoms with Gasteiger partial charge in [-0.25, -0.2) is 14.6 Å². The molecule has 0 radical (unpaired) electrons. The van der Waals surface area contributed by atoms with Crippen molar-refractivity contribution in [3.8, 4) is 5.69 Å². The molecule has 0 aliphatic carbocycles. The molecule has 9 nitrogen and oxygen atoms in total. The van der Waals surface area contributed by atoms with Crippen molar-refractivity contribution in [3.63, 3.8) is 0 Å². The van der Waals surface area contributed by atoms with Gasteiger partial charge in [0.05, 0.1) is 27.7 Å². The molecule has 0 spiro atoms. The highest BCUT2D eigenvalue weighted by Gasteiger charge is 2.24.